The predicted octanol–water partition coefficient (Wildman–Crippen LogP) is 8.13. The smallest absolute Gasteiger partial charge is 0.119 e. The first-order valence-corrected chi connectivity index (χ1v) is 14.0. The van der Waals surface area contributed by atoms with Crippen molar-refractivity contribution in [3.8, 4) is 11.5 Å². The highest BCUT2D eigenvalue weighted by atomic mass is 31.0. The van der Waals surface area contributed by atoms with Gasteiger partial charge in [-0.2, -0.15) is 0 Å². The standard InChI is InChI=1S/C33H37O3P/c1-32-18-17-24-19-26(34-3)13-14-27(24)31(32)28(20-33(2)29(32)15-16-30(33)36-37)23-9-11-25(12-10-23)35-21-22-7-5-4-6-8-22/h4-14,19,29-30H,15-18,20-21,37H2,1-3H3/t29-,30-,32-,33-/m0/s1. The highest BCUT2D eigenvalue weighted by Crippen LogP contribution is 2.68. The van der Waals surface area contributed by atoms with Gasteiger partial charge in [-0.15, -0.1) is 0 Å². The van der Waals surface area contributed by atoms with Gasteiger partial charge in [0, 0.05) is 14.9 Å². The Bertz CT molecular complexity index is 1320. The van der Waals surface area contributed by atoms with Crippen molar-refractivity contribution in [2.24, 2.45) is 16.7 Å². The highest BCUT2D eigenvalue weighted by molar-refractivity contribution is 7.09. The van der Waals surface area contributed by atoms with E-state index in [2.05, 4.69) is 90.0 Å². The van der Waals surface area contributed by atoms with E-state index in [1.165, 1.54) is 34.2 Å². The van der Waals surface area contributed by atoms with Crippen molar-refractivity contribution < 1.29 is 14.0 Å². The third kappa shape index (κ3) is 4.12. The summed E-state index contributed by atoms with van der Waals surface area (Å²) in [4.78, 5) is 0. The van der Waals surface area contributed by atoms with E-state index in [0.29, 0.717) is 12.5 Å². The number of benzene rings is 3. The van der Waals surface area contributed by atoms with Gasteiger partial charge < -0.3 is 14.0 Å². The maximum Gasteiger partial charge on any atom is 0.119 e. The first-order valence-electron chi connectivity index (χ1n) is 13.5. The number of aryl methyl sites for hydroxylation is 1. The zero-order valence-corrected chi connectivity index (χ0v) is 23.3. The quantitative estimate of drug-likeness (QED) is 0.312. The van der Waals surface area contributed by atoms with Gasteiger partial charge in [-0.25, -0.2) is 0 Å². The van der Waals surface area contributed by atoms with E-state index in [9.17, 15) is 0 Å². The van der Waals surface area contributed by atoms with Gasteiger partial charge in [0.15, 0.2) is 0 Å². The molecule has 1 unspecified atom stereocenters. The fraction of sp³-hybridized carbons (Fsp3) is 0.394. The average Bonchev–Trinajstić information content (AvgIpc) is 3.28. The Morgan fingerprint density at radius 3 is 2.41 bits per heavy atom. The Kier molecular flexibility index (Phi) is 6.42. The largest absolute Gasteiger partial charge is 0.497 e. The number of hydrogen-bond acceptors (Lipinski definition) is 3. The minimum Gasteiger partial charge on any atom is -0.497 e. The number of methoxy groups -OCH3 is 1. The maximum atomic E-state index is 6.11. The maximum absolute atomic E-state index is 6.11. The molecule has 0 radical (unpaired) electrons. The van der Waals surface area contributed by atoms with Crippen LogP contribution in [0.3, 0.4) is 0 Å². The molecule has 0 N–H and O–H groups in total. The first-order chi connectivity index (χ1) is 18.0. The second kappa shape index (κ2) is 9.61. The van der Waals surface area contributed by atoms with E-state index in [-0.39, 0.29) is 16.9 Å². The molecule has 37 heavy (non-hydrogen) atoms. The molecule has 5 atom stereocenters. The van der Waals surface area contributed by atoms with Crippen LogP contribution in [0.5, 0.6) is 11.5 Å². The lowest BCUT2D eigenvalue weighted by atomic mass is 9.50. The minimum atomic E-state index is 0.113. The second-order valence-electron chi connectivity index (χ2n) is 11.5. The molecular formula is C33H37O3P. The van der Waals surface area contributed by atoms with Gasteiger partial charge >= 0.3 is 0 Å². The summed E-state index contributed by atoms with van der Waals surface area (Å²) in [5.41, 5.74) is 8.53. The number of ether oxygens (including phenoxy) is 2. The van der Waals surface area contributed by atoms with E-state index >= 15 is 0 Å². The van der Waals surface area contributed by atoms with Gasteiger partial charge in [-0.1, -0.05) is 62.4 Å². The second-order valence-corrected chi connectivity index (χ2v) is 11.8. The Hall–Kier alpha value is -2.61. The molecule has 1 fully saturated rings. The summed E-state index contributed by atoms with van der Waals surface area (Å²) in [7, 11) is 4.33. The Morgan fingerprint density at radius 1 is 0.919 bits per heavy atom. The van der Waals surface area contributed by atoms with Crippen molar-refractivity contribution in [1.29, 1.82) is 0 Å². The lowest BCUT2D eigenvalue weighted by Crippen LogP contribution is -2.47. The van der Waals surface area contributed by atoms with Crippen LogP contribution in [0.4, 0.5) is 0 Å². The molecule has 192 valence electrons. The molecule has 0 heterocycles. The van der Waals surface area contributed by atoms with Crippen molar-refractivity contribution in [3.05, 3.63) is 95.1 Å². The van der Waals surface area contributed by atoms with Gasteiger partial charge in [-0.05, 0) is 101 Å². The lowest BCUT2D eigenvalue weighted by molar-refractivity contribution is 0.0283. The van der Waals surface area contributed by atoms with Crippen LogP contribution >= 0.6 is 9.47 Å². The van der Waals surface area contributed by atoms with Crippen molar-refractivity contribution in [1.82, 2.24) is 0 Å². The monoisotopic (exact) mass is 512 g/mol. The van der Waals surface area contributed by atoms with E-state index in [1.807, 2.05) is 6.07 Å². The summed E-state index contributed by atoms with van der Waals surface area (Å²) in [6.07, 6.45) is 5.89. The summed E-state index contributed by atoms with van der Waals surface area (Å²) in [5.74, 6) is 2.46. The molecule has 0 bridgehead atoms. The van der Waals surface area contributed by atoms with E-state index in [1.54, 1.807) is 12.7 Å². The van der Waals surface area contributed by atoms with Crippen molar-refractivity contribution >= 4 is 20.6 Å². The Balaban J connectivity index is 1.43. The molecule has 3 aliphatic carbocycles. The molecule has 3 aliphatic rings. The molecule has 0 spiro atoms. The molecule has 4 heteroatoms. The third-order valence-corrected chi connectivity index (χ3v) is 9.89. The number of fused-ring (bicyclic) bond motifs is 5. The van der Waals surface area contributed by atoms with Gasteiger partial charge in [0.25, 0.3) is 0 Å². The summed E-state index contributed by atoms with van der Waals surface area (Å²) >= 11 is 0. The van der Waals surface area contributed by atoms with Gasteiger partial charge in [0.05, 0.1) is 13.2 Å². The fourth-order valence-corrected chi connectivity index (χ4v) is 8.20. The fourth-order valence-electron chi connectivity index (χ4n) is 7.75. The zero-order chi connectivity index (χ0) is 25.6. The molecule has 3 aromatic carbocycles. The summed E-state index contributed by atoms with van der Waals surface area (Å²) in [6.45, 7) is 5.58. The normalized spacial score (nSPS) is 28.3. The predicted molar refractivity (Wildman–Crippen MR) is 153 cm³/mol. The minimum absolute atomic E-state index is 0.113. The first kappa shape index (κ1) is 24.7. The van der Waals surface area contributed by atoms with Crippen LogP contribution in [0, 0.1) is 16.7 Å². The van der Waals surface area contributed by atoms with E-state index < -0.39 is 0 Å². The molecule has 3 aromatic rings. The van der Waals surface area contributed by atoms with Crippen molar-refractivity contribution in [3.63, 3.8) is 0 Å². The average molecular weight is 513 g/mol. The van der Waals surface area contributed by atoms with Crippen molar-refractivity contribution in [2.45, 2.75) is 58.7 Å². The number of hydrogen-bond donors (Lipinski definition) is 0. The molecule has 0 aromatic heterocycles. The third-order valence-electron chi connectivity index (χ3n) is 9.56. The van der Waals surface area contributed by atoms with Crippen LogP contribution in [-0.4, -0.2) is 13.2 Å². The zero-order valence-electron chi connectivity index (χ0n) is 22.1. The van der Waals surface area contributed by atoms with Gasteiger partial charge in [0.2, 0.25) is 0 Å². The van der Waals surface area contributed by atoms with Crippen molar-refractivity contribution in [2.75, 3.05) is 7.11 Å². The Morgan fingerprint density at radius 2 is 1.68 bits per heavy atom. The number of allylic oxidation sites excluding steroid dienone is 2. The summed E-state index contributed by atoms with van der Waals surface area (Å²) in [5, 5.41) is 0. The van der Waals surface area contributed by atoms with Gasteiger partial charge in [0.1, 0.15) is 18.1 Å². The summed E-state index contributed by atoms with van der Waals surface area (Å²) in [6, 6.07) is 25.8. The molecule has 0 saturated heterocycles. The molecule has 0 aliphatic heterocycles. The van der Waals surface area contributed by atoms with E-state index in [0.717, 1.165) is 37.2 Å². The topological polar surface area (TPSA) is 27.7 Å². The molecule has 0 amide bonds. The molecule has 6 rings (SSSR count). The van der Waals surface area contributed by atoms with Crippen LogP contribution in [0.2, 0.25) is 0 Å². The van der Waals surface area contributed by atoms with Crippen LogP contribution in [0.1, 0.15) is 61.8 Å². The van der Waals surface area contributed by atoms with Gasteiger partial charge in [-0.3, -0.25) is 0 Å². The van der Waals surface area contributed by atoms with Crippen LogP contribution in [-0.2, 0) is 17.6 Å². The molecule has 3 nitrogen and oxygen atoms in total. The number of rotatable bonds is 6. The molecule has 1 saturated carbocycles. The van der Waals surface area contributed by atoms with E-state index in [4.69, 9.17) is 14.0 Å². The summed E-state index contributed by atoms with van der Waals surface area (Å²) < 4.78 is 17.7. The lowest BCUT2D eigenvalue weighted by Gasteiger charge is -2.54. The van der Waals surface area contributed by atoms with Crippen LogP contribution < -0.4 is 9.47 Å². The van der Waals surface area contributed by atoms with Crippen LogP contribution in [0.25, 0.3) is 11.1 Å². The SMILES string of the molecule is COc1ccc2c(c1)CC[C@]1(C)C2=C(c2ccc(OCc3ccccc3)cc2)C[C@]2(C)[C@@H](OP)CC[C@H]21. The molecular weight excluding hydrogens is 475 g/mol. The van der Waals surface area contributed by atoms with Crippen LogP contribution in [0.15, 0.2) is 72.8 Å². The highest BCUT2D eigenvalue weighted by Gasteiger charge is 2.59. The Labute approximate surface area is 223 Å².